The van der Waals surface area contributed by atoms with Crippen molar-refractivity contribution in [2.45, 2.75) is 45.3 Å². The molecule has 0 radical (unpaired) electrons. The van der Waals surface area contributed by atoms with Gasteiger partial charge in [0.25, 0.3) is 5.91 Å². The largest absolute Gasteiger partial charge is 0.490 e. The molecule has 0 unspecified atom stereocenters. The molecule has 2 heterocycles. The number of amides is 2. The number of piperidine rings is 1. The van der Waals surface area contributed by atoms with E-state index in [2.05, 4.69) is 4.98 Å². The van der Waals surface area contributed by atoms with Crippen molar-refractivity contribution in [2.24, 2.45) is 17.6 Å². The maximum Gasteiger partial charge on any atom is 0.252 e. The van der Waals surface area contributed by atoms with Gasteiger partial charge in [0.2, 0.25) is 5.91 Å². The van der Waals surface area contributed by atoms with Gasteiger partial charge in [-0.05, 0) is 50.8 Å². The number of pyridine rings is 1. The number of carbonyl (C=O) groups excluding carboxylic acids is 2. The summed E-state index contributed by atoms with van der Waals surface area (Å²) in [5.41, 5.74) is 6.43. The molecule has 2 N–H and O–H groups in total. The molecule has 8 heteroatoms. The van der Waals surface area contributed by atoms with E-state index in [0.717, 1.165) is 18.2 Å². The molecule has 1 aromatic carbocycles. The molecule has 1 aliphatic heterocycles. The highest BCUT2D eigenvalue weighted by Gasteiger charge is 2.42. The second-order valence-electron chi connectivity index (χ2n) is 8.59. The number of carbonyl (C=O) groups is 2. The Morgan fingerprint density at radius 3 is 2.81 bits per heavy atom. The summed E-state index contributed by atoms with van der Waals surface area (Å²) >= 11 is 0. The van der Waals surface area contributed by atoms with Crippen molar-refractivity contribution >= 4 is 22.7 Å². The number of ether oxygens (including phenoxy) is 2. The summed E-state index contributed by atoms with van der Waals surface area (Å²) in [6.07, 6.45) is 3.29. The lowest BCUT2D eigenvalue weighted by molar-refractivity contribution is -0.132. The minimum Gasteiger partial charge on any atom is -0.490 e. The van der Waals surface area contributed by atoms with Gasteiger partial charge in [-0.15, -0.1) is 0 Å². The van der Waals surface area contributed by atoms with E-state index in [1.807, 2.05) is 26.0 Å². The number of hydrogen-bond acceptors (Lipinski definition) is 6. The SMILES string of the molecule is CC(C)Oc1cc2c(O[C@H]3C[C@H]4C[C@H]3CN(C(=O)CC#N)C4)ccnc2cc1C(N)=O. The van der Waals surface area contributed by atoms with Crippen molar-refractivity contribution < 1.29 is 19.1 Å². The van der Waals surface area contributed by atoms with E-state index in [9.17, 15) is 9.59 Å². The van der Waals surface area contributed by atoms with Crippen molar-refractivity contribution in [1.82, 2.24) is 9.88 Å². The van der Waals surface area contributed by atoms with Crippen LogP contribution in [0.4, 0.5) is 0 Å². The van der Waals surface area contributed by atoms with E-state index >= 15 is 0 Å². The minimum atomic E-state index is -0.572. The highest BCUT2D eigenvalue weighted by Crippen LogP contribution is 2.41. The van der Waals surface area contributed by atoms with E-state index in [4.69, 9.17) is 20.5 Å². The first kappa shape index (κ1) is 20.9. The summed E-state index contributed by atoms with van der Waals surface area (Å²) in [5.74, 6) is 0.995. The molecule has 162 valence electrons. The summed E-state index contributed by atoms with van der Waals surface area (Å²) in [7, 11) is 0. The van der Waals surface area contributed by atoms with E-state index < -0.39 is 5.91 Å². The average Bonchev–Trinajstić information content (AvgIpc) is 3.00. The molecule has 1 saturated heterocycles. The van der Waals surface area contributed by atoms with Crippen molar-refractivity contribution in [1.29, 1.82) is 5.26 Å². The first-order chi connectivity index (χ1) is 14.9. The maximum absolute atomic E-state index is 12.2. The number of primary amides is 1. The summed E-state index contributed by atoms with van der Waals surface area (Å²) < 4.78 is 12.3. The Kier molecular flexibility index (Phi) is 5.68. The molecule has 1 saturated carbocycles. The summed E-state index contributed by atoms with van der Waals surface area (Å²) in [5, 5.41) is 9.58. The van der Waals surface area contributed by atoms with E-state index in [1.54, 1.807) is 23.2 Å². The van der Waals surface area contributed by atoms with Crippen molar-refractivity contribution in [3.05, 3.63) is 30.0 Å². The summed E-state index contributed by atoms with van der Waals surface area (Å²) in [6.45, 7) is 5.06. The van der Waals surface area contributed by atoms with Gasteiger partial charge in [-0.25, -0.2) is 0 Å². The number of benzene rings is 1. The fourth-order valence-corrected chi connectivity index (χ4v) is 4.69. The molecule has 8 nitrogen and oxygen atoms in total. The van der Waals surface area contributed by atoms with Gasteiger partial charge in [0, 0.05) is 30.6 Å². The Hall–Kier alpha value is -3.34. The van der Waals surface area contributed by atoms with Crippen LogP contribution in [0.3, 0.4) is 0 Å². The fraction of sp³-hybridized carbons (Fsp3) is 0.478. The van der Waals surface area contributed by atoms with Crippen molar-refractivity contribution in [3.8, 4) is 17.6 Å². The molecule has 0 spiro atoms. The topological polar surface area (TPSA) is 119 Å². The number of rotatable bonds is 6. The molecule has 1 aromatic heterocycles. The molecule has 2 amide bonds. The lowest BCUT2D eigenvalue weighted by atomic mass is 9.98. The molecule has 2 aliphatic rings. The van der Waals surface area contributed by atoms with Crippen molar-refractivity contribution in [2.75, 3.05) is 13.1 Å². The monoisotopic (exact) mass is 422 g/mol. The predicted octanol–water partition coefficient (Wildman–Crippen LogP) is 2.65. The first-order valence-corrected chi connectivity index (χ1v) is 10.6. The van der Waals surface area contributed by atoms with Crippen LogP contribution in [0.2, 0.25) is 0 Å². The smallest absolute Gasteiger partial charge is 0.252 e. The zero-order valence-corrected chi connectivity index (χ0v) is 17.7. The Morgan fingerprint density at radius 1 is 1.29 bits per heavy atom. The molecular formula is C23H26N4O4. The van der Waals surface area contributed by atoms with Gasteiger partial charge in [0.1, 0.15) is 24.0 Å². The normalized spacial score (nSPS) is 22.4. The van der Waals surface area contributed by atoms with Crippen molar-refractivity contribution in [3.63, 3.8) is 0 Å². The number of nitrogens with zero attached hydrogens (tertiary/aromatic N) is 3. The number of likely N-dealkylation sites (tertiary alicyclic amines) is 1. The molecule has 4 rings (SSSR count). The van der Waals surface area contributed by atoms with Crippen LogP contribution in [0.15, 0.2) is 24.4 Å². The van der Waals surface area contributed by atoms with Crippen LogP contribution in [0.25, 0.3) is 10.9 Å². The molecule has 2 fully saturated rings. The average molecular weight is 422 g/mol. The van der Waals surface area contributed by atoms with Gasteiger partial charge in [-0.2, -0.15) is 5.26 Å². The third-order valence-electron chi connectivity index (χ3n) is 5.95. The molecule has 1 aliphatic carbocycles. The van der Waals surface area contributed by atoms with Crippen LogP contribution in [-0.2, 0) is 4.79 Å². The third kappa shape index (κ3) is 4.26. The van der Waals surface area contributed by atoms with Gasteiger partial charge >= 0.3 is 0 Å². The van der Waals surface area contributed by atoms with Gasteiger partial charge < -0.3 is 20.1 Å². The molecular weight excluding hydrogens is 396 g/mol. The van der Waals surface area contributed by atoms with Crippen LogP contribution >= 0.6 is 0 Å². The van der Waals surface area contributed by atoms with Gasteiger partial charge in [-0.3, -0.25) is 14.6 Å². The zero-order chi connectivity index (χ0) is 22.1. The second kappa shape index (κ2) is 8.42. The number of nitrogens with two attached hydrogens (primary N) is 1. The number of fused-ring (bicyclic) bond motifs is 3. The van der Waals surface area contributed by atoms with E-state index in [0.29, 0.717) is 36.0 Å². The van der Waals surface area contributed by atoms with Crippen LogP contribution in [0.5, 0.6) is 11.5 Å². The highest BCUT2D eigenvalue weighted by molar-refractivity contribution is 6.01. The maximum atomic E-state index is 12.2. The minimum absolute atomic E-state index is 0.0271. The summed E-state index contributed by atoms with van der Waals surface area (Å²) in [6, 6.07) is 7.16. The quantitative estimate of drug-likeness (QED) is 0.764. The van der Waals surface area contributed by atoms with Crippen LogP contribution < -0.4 is 15.2 Å². The molecule has 3 atom stereocenters. The number of hydrogen-bond donors (Lipinski definition) is 1. The Labute approximate surface area is 180 Å². The van der Waals surface area contributed by atoms with E-state index in [1.165, 1.54) is 0 Å². The molecule has 2 aromatic rings. The standard InChI is InChI=1S/C23H26N4O4/c1-13(2)30-21-10-16-18(9-17(21)23(25)29)26-6-4-19(16)31-20-8-14-7-15(20)12-27(11-14)22(28)3-5-24/h4,6,9-10,13-15,20H,3,7-8,11-12H2,1-2H3,(H2,25,29)/t14-,15+,20+/m1/s1. The number of aromatic nitrogens is 1. The fourth-order valence-electron chi connectivity index (χ4n) is 4.69. The van der Waals surface area contributed by atoms with Gasteiger partial charge in [0.15, 0.2) is 0 Å². The second-order valence-corrected chi connectivity index (χ2v) is 8.59. The van der Waals surface area contributed by atoms with Gasteiger partial charge in [-0.1, -0.05) is 0 Å². The predicted molar refractivity (Wildman–Crippen MR) is 113 cm³/mol. The zero-order valence-electron chi connectivity index (χ0n) is 17.7. The Balaban J connectivity index is 1.61. The lowest BCUT2D eigenvalue weighted by Crippen LogP contribution is -2.42. The molecule has 31 heavy (non-hydrogen) atoms. The van der Waals surface area contributed by atoms with Crippen LogP contribution in [-0.4, -0.2) is 47.0 Å². The van der Waals surface area contributed by atoms with Crippen LogP contribution in [0, 0.1) is 23.2 Å². The Bertz CT molecular complexity index is 1060. The van der Waals surface area contributed by atoms with Crippen LogP contribution in [0.1, 0.15) is 43.5 Å². The summed E-state index contributed by atoms with van der Waals surface area (Å²) in [4.78, 5) is 30.2. The van der Waals surface area contributed by atoms with Gasteiger partial charge in [0.05, 0.1) is 23.3 Å². The first-order valence-electron chi connectivity index (χ1n) is 10.6. The van der Waals surface area contributed by atoms with E-state index in [-0.39, 0.29) is 36.0 Å². The third-order valence-corrected chi connectivity index (χ3v) is 5.95. The molecule has 2 bridgehead atoms. The lowest BCUT2D eigenvalue weighted by Gasteiger charge is -2.32. The highest BCUT2D eigenvalue weighted by atomic mass is 16.5. The Morgan fingerprint density at radius 2 is 2.10 bits per heavy atom. The number of nitriles is 1.